The van der Waals surface area contributed by atoms with Crippen LogP contribution in [0.15, 0.2) is 24.3 Å². The second-order valence-corrected chi connectivity index (χ2v) is 10.5. The van der Waals surface area contributed by atoms with E-state index in [0.717, 1.165) is 0 Å². The molecule has 2 saturated heterocycles. The summed E-state index contributed by atoms with van der Waals surface area (Å²) in [6.07, 6.45) is 1.96. The molecule has 0 spiro atoms. The van der Waals surface area contributed by atoms with Crippen LogP contribution in [0.5, 0.6) is 5.75 Å². The molecule has 1 aromatic carbocycles. The molecule has 2 amide bonds. The van der Waals surface area contributed by atoms with Crippen molar-refractivity contribution in [3.05, 3.63) is 29.3 Å². The van der Waals surface area contributed by atoms with Gasteiger partial charge in [-0.1, -0.05) is 18.5 Å². The molecule has 3 rings (SSSR count). The number of amides is 2. The molecule has 0 aromatic heterocycles. The maximum absolute atomic E-state index is 13.0. The number of piperazine rings is 1. The molecule has 0 radical (unpaired) electrons. The highest BCUT2D eigenvalue weighted by Gasteiger charge is 2.35. The lowest BCUT2D eigenvalue weighted by Gasteiger charge is -2.38. The van der Waals surface area contributed by atoms with E-state index in [2.05, 4.69) is 0 Å². The molecule has 172 valence electrons. The van der Waals surface area contributed by atoms with Crippen molar-refractivity contribution in [1.82, 2.24) is 14.1 Å². The van der Waals surface area contributed by atoms with Gasteiger partial charge in [0.25, 0.3) is 5.91 Å². The van der Waals surface area contributed by atoms with Crippen LogP contribution in [0.1, 0.15) is 26.2 Å². The van der Waals surface area contributed by atoms with Crippen LogP contribution in [0, 0.1) is 5.92 Å². The van der Waals surface area contributed by atoms with E-state index in [-0.39, 0.29) is 36.6 Å². The fraction of sp³-hybridized carbons (Fsp3) is 0.619. The average molecular weight is 472 g/mol. The Hall–Kier alpha value is -1.84. The van der Waals surface area contributed by atoms with E-state index < -0.39 is 10.0 Å². The van der Waals surface area contributed by atoms with Gasteiger partial charge in [0.05, 0.1) is 11.7 Å². The van der Waals surface area contributed by atoms with Crippen LogP contribution in [0.25, 0.3) is 0 Å². The van der Waals surface area contributed by atoms with Gasteiger partial charge in [-0.25, -0.2) is 12.7 Å². The Labute approximate surface area is 189 Å². The van der Waals surface area contributed by atoms with Crippen LogP contribution in [0.4, 0.5) is 0 Å². The molecule has 1 aromatic rings. The molecule has 2 fully saturated rings. The fourth-order valence-corrected chi connectivity index (χ4v) is 5.70. The average Bonchev–Trinajstić information content (AvgIpc) is 2.78. The molecule has 0 aliphatic carbocycles. The normalized spacial score (nSPS) is 20.5. The minimum Gasteiger partial charge on any atom is -0.484 e. The summed E-state index contributed by atoms with van der Waals surface area (Å²) in [6.45, 7) is 4.30. The number of piperidine rings is 1. The number of carbonyl (C=O) groups is 2. The number of benzene rings is 1. The first-order chi connectivity index (χ1) is 14.8. The molecule has 31 heavy (non-hydrogen) atoms. The zero-order valence-electron chi connectivity index (χ0n) is 17.8. The lowest BCUT2D eigenvalue weighted by atomic mass is 9.98. The number of nitrogens with zero attached hydrogens (tertiary/aromatic N) is 3. The van der Waals surface area contributed by atoms with Crippen molar-refractivity contribution in [3.8, 4) is 5.75 Å². The van der Waals surface area contributed by atoms with Gasteiger partial charge >= 0.3 is 0 Å². The smallest absolute Gasteiger partial charge is 0.260 e. The molecular weight excluding hydrogens is 442 g/mol. The number of rotatable bonds is 7. The maximum Gasteiger partial charge on any atom is 0.260 e. The third-order valence-corrected chi connectivity index (χ3v) is 8.00. The second kappa shape index (κ2) is 10.7. The van der Waals surface area contributed by atoms with E-state index in [0.29, 0.717) is 62.8 Å². The first kappa shape index (κ1) is 23.8. The standard InChI is InChI=1S/C21H30ClN3O5S/c1-2-14-31(28,29)25-9-3-4-17(15-25)21(27)24-12-10-23(11-13-24)20(26)16-30-19-7-5-18(22)6-8-19/h5-8,17H,2-4,9-16H2,1H3. The van der Waals surface area contributed by atoms with Gasteiger partial charge in [-0.3, -0.25) is 9.59 Å². The summed E-state index contributed by atoms with van der Waals surface area (Å²) in [5.41, 5.74) is 0. The Kier molecular flexibility index (Phi) is 8.18. The summed E-state index contributed by atoms with van der Waals surface area (Å²) in [4.78, 5) is 28.8. The Balaban J connectivity index is 1.46. The maximum atomic E-state index is 13.0. The van der Waals surface area contributed by atoms with Crippen molar-refractivity contribution in [1.29, 1.82) is 0 Å². The van der Waals surface area contributed by atoms with Crippen molar-refractivity contribution < 1.29 is 22.7 Å². The van der Waals surface area contributed by atoms with Crippen LogP contribution in [0.2, 0.25) is 5.02 Å². The van der Waals surface area contributed by atoms with E-state index in [1.54, 1.807) is 34.1 Å². The number of halogens is 1. The minimum atomic E-state index is -3.29. The van der Waals surface area contributed by atoms with Gasteiger partial charge < -0.3 is 14.5 Å². The van der Waals surface area contributed by atoms with E-state index in [1.807, 2.05) is 6.92 Å². The predicted molar refractivity (Wildman–Crippen MR) is 118 cm³/mol. The molecule has 0 N–H and O–H groups in total. The molecule has 2 aliphatic rings. The topological polar surface area (TPSA) is 87.2 Å². The SMILES string of the molecule is CCCS(=O)(=O)N1CCCC(C(=O)N2CCN(C(=O)COc3ccc(Cl)cc3)CC2)C1. The predicted octanol–water partition coefficient (Wildman–Crippen LogP) is 1.84. The Morgan fingerprint density at radius 1 is 1.06 bits per heavy atom. The van der Waals surface area contributed by atoms with Crippen molar-refractivity contribution in [2.24, 2.45) is 5.92 Å². The highest BCUT2D eigenvalue weighted by atomic mass is 35.5. The molecule has 2 heterocycles. The van der Waals surface area contributed by atoms with E-state index in [9.17, 15) is 18.0 Å². The molecule has 0 bridgehead atoms. The molecule has 2 aliphatic heterocycles. The third-order valence-electron chi connectivity index (χ3n) is 5.71. The van der Waals surface area contributed by atoms with Crippen LogP contribution < -0.4 is 4.74 Å². The van der Waals surface area contributed by atoms with Gasteiger partial charge in [0.2, 0.25) is 15.9 Å². The summed E-state index contributed by atoms with van der Waals surface area (Å²) in [5.74, 6) is 0.243. The fourth-order valence-electron chi connectivity index (χ4n) is 3.99. The molecule has 0 saturated carbocycles. The Morgan fingerprint density at radius 2 is 1.71 bits per heavy atom. The summed E-state index contributed by atoms with van der Waals surface area (Å²) in [5, 5.41) is 0.600. The number of hydrogen-bond donors (Lipinski definition) is 0. The van der Waals surface area contributed by atoms with Gasteiger partial charge in [0, 0.05) is 44.3 Å². The number of ether oxygens (including phenoxy) is 1. The third kappa shape index (κ3) is 6.33. The largest absolute Gasteiger partial charge is 0.484 e. The monoisotopic (exact) mass is 471 g/mol. The second-order valence-electron chi connectivity index (χ2n) is 7.96. The van der Waals surface area contributed by atoms with Crippen molar-refractivity contribution in [2.75, 3.05) is 51.6 Å². The van der Waals surface area contributed by atoms with Gasteiger partial charge in [-0.15, -0.1) is 0 Å². The number of hydrogen-bond acceptors (Lipinski definition) is 5. The van der Waals surface area contributed by atoms with Gasteiger partial charge in [0.15, 0.2) is 6.61 Å². The zero-order chi connectivity index (χ0) is 22.4. The van der Waals surface area contributed by atoms with Crippen molar-refractivity contribution in [3.63, 3.8) is 0 Å². The molecule has 10 heteroatoms. The first-order valence-electron chi connectivity index (χ1n) is 10.7. The zero-order valence-corrected chi connectivity index (χ0v) is 19.4. The Bertz CT molecular complexity index is 870. The number of sulfonamides is 1. The van der Waals surface area contributed by atoms with Gasteiger partial charge in [0.1, 0.15) is 5.75 Å². The van der Waals surface area contributed by atoms with Crippen LogP contribution in [-0.2, 0) is 19.6 Å². The summed E-state index contributed by atoms with van der Waals surface area (Å²) in [7, 11) is -3.29. The molecule has 8 nitrogen and oxygen atoms in total. The van der Waals surface area contributed by atoms with E-state index >= 15 is 0 Å². The lowest BCUT2D eigenvalue weighted by Crippen LogP contribution is -2.54. The van der Waals surface area contributed by atoms with Gasteiger partial charge in [-0.2, -0.15) is 0 Å². The molecule has 1 unspecified atom stereocenters. The summed E-state index contributed by atoms with van der Waals surface area (Å²) < 4.78 is 31.7. The Morgan fingerprint density at radius 3 is 2.35 bits per heavy atom. The van der Waals surface area contributed by atoms with Gasteiger partial charge in [-0.05, 0) is 43.5 Å². The van der Waals surface area contributed by atoms with Crippen LogP contribution in [0.3, 0.4) is 0 Å². The van der Waals surface area contributed by atoms with Crippen molar-refractivity contribution >= 4 is 33.4 Å². The van der Waals surface area contributed by atoms with Crippen LogP contribution >= 0.6 is 11.6 Å². The van der Waals surface area contributed by atoms with E-state index in [1.165, 1.54) is 4.31 Å². The summed E-state index contributed by atoms with van der Waals surface area (Å²) >= 11 is 5.84. The van der Waals surface area contributed by atoms with Crippen LogP contribution in [-0.4, -0.2) is 86.0 Å². The van der Waals surface area contributed by atoms with E-state index in [4.69, 9.17) is 16.3 Å². The highest BCUT2D eigenvalue weighted by molar-refractivity contribution is 7.89. The number of carbonyl (C=O) groups excluding carboxylic acids is 2. The highest BCUT2D eigenvalue weighted by Crippen LogP contribution is 2.22. The quantitative estimate of drug-likeness (QED) is 0.605. The molecular formula is C21H30ClN3O5S. The van der Waals surface area contributed by atoms with Crippen molar-refractivity contribution in [2.45, 2.75) is 26.2 Å². The summed E-state index contributed by atoms with van der Waals surface area (Å²) in [6, 6.07) is 6.82. The lowest BCUT2D eigenvalue weighted by molar-refractivity contribution is -0.143. The molecule has 1 atom stereocenters. The first-order valence-corrected chi connectivity index (χ1v) is 12.7. The minimum absolute atomic E-state index is 0.0130.